The highest BCUT2D eigenvalue weighted by atomic mass is 35.5. The van der Waals surface area contributed by atoms with E-state index in [0.717, 1.165) is 0 Å². The zero-order chi connectivity index (χ0) is 17.5. The van der Waals surface area contributed by atoms with Gasteiger partial charge in [-0.15, -0.1) is 0 Å². The second-order valence-electron chi connectivity index (χ2n) is 5.66. The highest BCUT2D eigenvalue weighted by Gasteiger charge is 2.63. The molecule has 0 spiro atoms. The van der Waals surface area contributed by atoms with Crippen LogP contribution in [-0.4, -0.2) is 35.1 Å². The molecule has 2 N–H and O–H groups in total. The number of rotatable bonds is 5. The Kier molecular flexibility index (Phi) is 4.18. The summed E-state index contributed by atoms with van der Waals surface area (Å²) >= 11 is 5.79. The van der Waals surface area contributed by atoms with Crippen molar-refractivity contribution in [3.05, 3.63) is 35.1 Å². The quantitative estimate of drug-likeness (QED) is 0.783. The number of carbonyl (C=O) groups is 1. The number of carboxylic acids is 1. The van der Waals surface area contributed by atoms with Gasteiger partial charge in [0.25, 0.3) is 0 Å². The van der Waals surface area contributed by atoms with Crippen molar-refractivity contribution < 1.29 is 27.8 Å². The van der Waals surface area contributed by atoms with Crippen LogP contribution in [0, 0.1) is 5.41 Å². The summed E-state index contributed by atoms with van der Waals surface area (Å²) in [5.41, 5.74) is 0.922. The van der Waals surface area contributed by atoms with Crippen LogP contribution in [0.3, 0.4) is 0 Å². The van der Waals surface area contributed by atoms with Crippen LogP contribution in [-0.2, 0) is 4.74 Å². The van der Waals surface area contributed by atoms with E-state index < -0.39 is 30.4 Å². The molecule has 10 heteroatoms. The summed E-state index contributed by atoms with van der Waals surface area (Å²) in [6, 6.07) is 2.71. The molecule has 1 atom stereocenters. The Bertz CT molecular complexity index is 692. The van der Waals surface area contributed by atoms with E-state index in [-0.39, 0.29) is 23.6 Å². The molecule has 3 rings (SSSR count). The molecule has 0 saturated heterocycles. The predicted octanol–water partition coefficient (Wildman–Crippen LogP) is 2.96. The molecule has 1 aliphatic heterocycles. The lowest BCUT2D eigenvalue weighted by Gasteiger charge is -2.23. The summed E-state index contributed by atoms with van der Waals surface area (Å²) in [7, 11) is 0. The number of aromatic nitrogens is 1. The van der Waals surface area contributed by atoms with Crippen LogP contribution in [0.2, 0.25) is 5.15 Å². The molecule has 0 amide bonds. The summed E-state index contributed by atoms with van der Waals surface area (Å²) in [5.74, 6) is -0.906. The third-order valence-electron chi connectivity index (χ3n) is 3.98. The number of hydrogen-bond donors (Lipinski definition) is 2. The lowest BCUT2D eigenvalue weighted by Crippen LogP contribution is -2.40. The van der Waals surface area contributed by atoms with E-state index in [1.807, 2.05) is 0 Å². The molecule has 1 saturated carbocycles. The van der Waals surface area contributed by atoms with E-state index in [0.29, 0.717) is 5.82 Å². The molecule has 1 aliphatic carbocycles. The first kappa shape index (κ1) is 17.0. The molecular formula is C14H13ClF3N3O3. The van der Waals surface area contributed by atoms with Crippen LogP contribution >= 0.6 is 11.6 Å². The number of aromatic carboxylic acids is 1. The molecule has 2 heterocycles. The minimum Gasteiger partial charge on any atom is -0.478 e. The molecule has 0 radical (unpaired) electrons. The lowest BCUT2D eigenvalue weighted by molar-refractivity contribution is -0.204. The minimum atomic E-state index is -4.27. The molecule has 1 unspecified atom stereocenters. The van der Waals surface area contributed by atoms with Crippen molar-refractivity contribution in [2.24, 2.45) is 5.41 Å². The van der Waals surface area contributed by atoms with Gasteiger partial charge in [0.05, 0.1) is 17.6 Å². The van der Waals surface area contributed by atoms with Crippen molar-refractivity contribution in [1.29, 1.82) is 0 Å². The van der Waals surface area contributed by atoms with E-state index in [9.17, 15) is 18.0 Å². The van der Waals surface area contributed by atoms with Gasteiger partial charge in [0.1, 0.15) is 17.2 Å². The van der Waals surface area contributed by atoms with Gasteiger partial charge in [-0.2, -0.15) is 18.6 Å². The number of nitrogens with zero attached hydrogens (tertiary/aromatic N) is 2. The molecule has 6 nitrogen and oxygen atoms in total. The first-order chi connectivity index (χ1) is 11.2. The van der Waals surface area contributed by atoms with E-state index in [1.165, 1.54) is 29.4 Å². The number of anilines is 1. The molecule has 1 fully saturated rings. The number of hydrazine groups is 1. The molecule has 0 bridgehead atoms. The molecule has 130 valence electrons. The van der Waals surface area contributed by atoms with E-state index in [2.05, 4.69) is 10.4 Å². The largest absolute Gasteiger partial charge is 0.478 e. The van der Waals surface area contributed by atoms with Crippen molar-refractivity contribution in [2.75, 3.05) is 11.6 Å². The van der Waals surface area contributed by atoms with Crippen LogP contribution < -0.4 is 10.4 Å². The third kappa shape index (κ3) is 3.19. The van der Waals surface area contributed by atoms with Gasteiger partial charge in [0, 0.05) is 6.20 Å². The van der Waals surface area contributed by atoms with E-state index in [4.69, 9.17) is 21.4 Å². The summed E-state index contributed by atoms with van der Waals surface area (Å²) < 4.78 is 43.9. The number of nitrogens with one attached hydrogen (secondary N) is 1. The molecule has 0 aromatic carbocycles. The second-order valence-corrected chi connectivity index (χ2v) is 6.02. The average molecular weight is 364 g/mol. The van der Waals surface area contributed by atoms with Crippen LogP contribution in [0.25, 0.3) is 0 Å². The van der Waals surface area contributed by atoms with Crippen LogP contribution in [0.15, 0.2) is 24.4 Å². The van der Waals surface area contributed by atoms with Gasteiger partial charge in [-0.25, -0.2) is 9.78 Å². The predicted molar refractivity (Wildman–Crippen MR) is 78.4 cm³/mol. The van der Waals surface area contributed by atoms with Crippen molar-refractivity contribution >= 4 is 23.4 Å². The highest BCUT2D eigenvalue weighted by Crippen LogP contribution is 2.57. The van der Waals surface area contributed by atoms with Crippen LogP contribution in [0.1, 0.15) is 23.2 Å². The number of hydrogen-bond acceptors (Lipinski definition) is 5. The monoisotopic (exact) mass is 363 g/mol. The summed E-state index contributed by atoms with van der Waals surface area (Å²) in [5, 5.41) is 10.1. The Hall–Kier alpha value is -1.84. The van der Waals surface area contributed by atoms with Crippen molar-refractivity contribution in [3.8, 4) is 0 Å². The lowest BCUT2D eigenvalue weighted by atomic mass is 10.1. The summed E-state index contributed by atoms with van der Waals surface area (Å²) in [4.78, 5) is 14.8. The second kappa shape index (κ2) is 5.91. The normalized spacial score (nSPS) is 22.0. The molecule has 2 aliphatic rings. The fourth-order valence-electron chi connectivity index (χ4n) is 2.25. The fraction of sp³-hybridized carbons (Fsp3) is 0.429. The fourth-order valence-corrected chi connectivity index (χ4v) is 2.48. The number of ether oxygens (including phenoxy) is 1. The first-order valence-corrected chi connectivity index (χ1v) is 7.42. The number of halogens is 4. The summed E-state index contributed by atoms with van der Waals surface area (Å²) in [6.07, 6.45) is -1.79. The van der Waals surface area contributed by atoms with Gasteiger partial charge in [0.2, 0.25) is 0 Å². The minimum absolute atomic E-state index is 0.0739. The van der Waals surface area contributed by atoms with Crippen molar-refractivity contribution in [3.63, 3.8) is 0 Å². The van der Waals surface area contributed by atoms with Gasteiger partial charge in [0.15, 0.2) is 0 Å². The number of carboxylic acid groups (broad SMARTS) is 1. The maximum Gasteiger partial charge on any atom is 0.396 e. The average Bonchev–Trinajstić information content (AvgIpc) is 3.16. The Labute approximate surface area is 139 Å². The maximum atomic E-state index is 12.9. The first-order valence-electron chi connectivity index (χ1n) is 7.04. The maximum absolute atomic E-state index is 12.9. The van der Waals surface area contributed by atoms with Gasteiger partial charge in [-0.05, 0) is 31.1 Å². The van der Waals surface area contributed by atoms with Gasteiger partial charge >= 0.3 is 12.1 Å². The van der Waals surface area contributed by atoms with Crippen LogP contribution in [0.5, 0.6) is 0 Å². The number of pyridine rings is 1. The van der Waals surface area contributed by atoms with Gasteiger partial charge in [-0.1, -0.05) is 11.6 Å². The Morgan fingerprint density at radius 2 is 2.21 bits per heavy atom. The topological polar surface area (TPSA) is 74.7 Å². The summed E-state index contributed by atoms with van der Waals surface area (Å²) in [6.45, 7) is -0.418. The Morgan fingerprint density at radius 3 is 2.75 bits per heavy atom. The molecule has 1 aromatic rings. The zero-order valence-electron chi connectivity index (χ0n) is 12.2. The molecular weight excluding hydrogens is 351 g/mol. The van der Waals surface area contributed by atoms with E-state index in [1.54, 1.807) is 0 Å². The van der Waals surface area contributed by atoms with Crippen LogP contribution in [0.4, 0.5) is 19.0 Å². The SMILES string of the molecule is O=C(O)c1ccc(N2C=CC(OCC3(C(F)(F)F)CC3)N2)nc1Cl. The zero-order valence-corrected chi connectivity index (χ0v) is 12.9. The molecule has 24 heavy (non-hydrogen) atoms. The van der Waals surface area contributed by atoms with Crippen molar-refractivity contribution in [2.45, 2.75) is 25.2 Å². The number of alkyl halides is 3. The van der Waals surface area contributed by atoms with Gasteiger partial charge < -0.3 is 9.84 Å². The Balaban J connectivity index is 1.59. The van der Waals surface area contributed by atoms with E-state index >= 15 is 0 Å². The standard InChI is InChI=1S/C14H13ClF3N3O3/c15-11-8(12(22)23)1-2-9(19-11)21-6-3-10(20-21)24-7-13(4-5-13)14(16,17)18/h1-3,6,10,20H,4-5,7H2,(H,22,23). The molecule has 1 aromatic heterocycles. The highest BCUT2D eigenvalue weighted by molar-refractivity contribution is 6.32. The Morgan fingerprint density at radius 1 is 1.50 bits per heavy atom. The van der Waals surface area contributed by atoms with Gasteiger partial charge in [-0.3, -0.25) is 5.01 Å². The van der Waals surface area contributed by atoms with Crippen molar-refractivity contribution in [1.82, 2.24) is 10.4 Å². The smallest absolute Gasteiger partial charge is 0.396 e. The third-order valence-corrected chi connectivity index (χ3v) is 4.27.